The highest BCUT2D eigenvalue weighted by molar-refractivity contribution is 9.10. The summed E-state index contributed by atoms with van der Waals surface area (Å²) < 4.78 is 13.5. The van der Waals surface area contributed by atoms with E-state index < -0.39 is 5.82 Å². The predicted octanol–water partition coefficient (Wildman–Crippen LogP) is 2.74. The Morgan fingerprint density at radius 2 is 2.17 bits per heavy atom. The number of hydrogen-bond donors (Lipinski definition) is 1. The van der Waals surface area contributed by atoms with Gasteiger partial charge in [0.1, 0.15) is 0 Å². The van der Waals surface area contributed by atoms with E-state index in [1.165, 1.54) is 6.07 Å². The zero-order valence-corrected chi connectivity index (χ0v) is 8.62. The van der Waals surface area contributed by atoms with Crippen LogP contribution in [0.4, 0.5) is 4.39 Å². The van der Waals surface area contributed by atoms with Crippen LogP contribution >= 0.6 is 27.5 Å². The number of nitrogens with two attached hydrogens (primary N) is 1. The summed E-state index contributed by atoms with van der Waals surface area (Å²) in [6.45, 7) is 0.500. The molecule has 1 aromatic rings. The maximum atomic E-state index is 13.1. The molecule has 0 bridgehead atoms. The fourth-order valence-corrected chi connectivity index (χ4v) is 1.73. The van der Waals surface area contributed by atoms with Crippen LogP contribution in [0.2, 0.25) is 5.02 Å². The third kappa shape index (κ3) is 1.97. The van der Waals surface area contributed by atoms with E-state index in [-0.39, 0.29) is 5.02 Å². The van der Waals surface area contributed by atoms with Crippen molar-refractivity contribution in [2.45, 2.75) is 6.42 Å². The highest BCUT2D eigenvalue weighted by Gasteiger charge is 2.08. The van der Waals surface area contributed by atoms with Crippen LogP contribution in [-0.2, 0) is 6.42 Å². The third-order valence-corrected chi connectivity index (χ3v) is 2.68. The van der Waals surface area contributed by atoms with Crippen LogP contribution in [-0.4, -0.2) is 6.54 Å². The van der Waals surface area contributed by atoms with Gasteiger partial charge in [-0.1, -0.05) is 17.7 Å². The number of benzene rings is 1. The fourth-order valence-electron chi connectivity index (χ4n) is 0.914. The van der Waals surface area contributed by atoms with Crippen molar-refractivity contribution in [3.63, 3.8) is 0 Å². The molecule has 2 N–H and O–H groups in total. The SMILES string of the molecule is NCCc1ccc(Cl)c(F)c1Br. The summed E-state index contributed by atoms with van der Waals surface area (Å²) in [5.74, 6) is -0.414. The molecule has 0 aliphatic heterocycles. The van der Waals surface area contributed by atoms with Gasteiger partial charge in [-0.25, -0.2) is 4.39 Å². The van der Waals surface area contributed by atoms with Gasteiger partial charge < -0.3 is 5.73 Å². The van der Waals surface area contributed by atoms with Gasteiger partial charge in [0.05, 0.1) is 9.50 Å². The highest BCUT2D eigenvalue weighted by atomic mass is 79.9. The van der Waals surface area contributed by atoms with E-state index in [1.807, 2.05) is 0 Å². The lowest BCUT2D eigenvalue weighted by Gasteiger charge is -2.04. The zero-order valence-electron chi connectivity index (χ0n) is 6.28. The molecule has 12 heavy (non-hydrogen) atoms. The Balaban J connectivity index is 3.08. The van der Waals surface area contributed by atoms with Crippen molar-refractivity contribution in [1.29, 1.82) is 0 Å². The molecular weight excluding hydrogens is 244 g/mol. The first-order valence-corrected chi connectivity index (χ1v) is 4.66. The molecule has 0 fully saturated rings. The Hall–Kier alpha value is -0.120. The average Bonchev–Trinajstić information content (AvgIpc) is 2.07. The van der Waals surface area contributed by atoms with Gasteiger partial charge in [0.25, 0.3) is 0 Å². The second-order valence-electron chi connectivity index (χ2n) is 2.37. The van der Waals surface area contributed by atoms with Crippen molar-refractivity contribution in [2.24, 2.45) is 5.73 Å². The van der Waals surface area contributed by atoms with Gasteiger partial charge in [-0.2, -0.15) is 0 Å². The molecular formula is C8H8BrClFN. The molecule has 0 saturated carbocycles. The fraction of sp³-hybridized carbons (Fsp3) is 0.250. The summed E-state index contributed by atoms with van der Waals surface area (Å²) >= 11 is 8.67. The van der Waals surface area contributed by atoms with Gasteiger partial charge in [0, 0.05) is 0 Å². The molecule has 0 radical (unpaired) electrons. The average molecular weight is 253 g/mol. The summed E-state index contributed by atoms with van der Waals surface area (Å²) in [5, 5.41) is 0.127. The van der Waals surface area contributed by atoms with Crippen molar-refractivity contribution in [3.8, 4) is 0 Å². The molecule has 0 heterocycles. The first-order valence-electron chi connectivity index (χ1n) is 3.49. The summed E-state index contributed by atoms with van der Waals surface area (Å²) in [6.07, 6.45) is 0.647. The molecule has 4 heteroatoms. The molecule has 1 nitrogen and oxygen atoms in total. The highest BCUT2D eigenvalue weighted by Crippen LogP contribution is 2.26. The van der Waals surface area contributed by atoms with Gasteiger partial charge in [-0.05, 0) is 40.5 Å². The molecule has 1 rings (SSSR count). The van der Waals surface area contributed by atoms with E-state index in [4.69, 9.17) is 17.3 Å². The lowest BCUT2D eigenvalue weighted by Crippen LogP contribution is -2.03. The van der Waals surface area contributed by atoms with Crippen molar-refractivity contribution < 1.29 is 4.39 Å². The molecule has 66 valence electrons. The van der Waals surface area contributed by atoms with Gasteiger partial charge >= 0.3 is 0 Å². The minimum atomic E-state index is -0.414. The van der Waals surface area contributed by atoms with Crippen LogP contribution in [0, 0.1) is 5.82 Å². The molecule has 0 atom stereocenters. The molecule has 0 saturated heterocycles. The normalized spacial score (nSPS) is 10.3. The number of rotatable bonds is 2. The number of halogens is 3. The van der Waals surface area contributed by atoms with E-state index >= 15 is 0 Å². The smallest absolute Gasteiger partial charge is 0.156 e. The minimum Gasteiger partial charge on any atom is -0.330 e. The Bertz CT molecular complexity index is 291. The van der Waals surface area contributed by atoms with Crippen molar-refractivity contribution in [3.05, 3.63) is 33.0 Å². The Kier molecular flexibility index (Phi) is 3.50. The summed E-state index contributed by atoms with van der Waals surface area (Å²) in [5.41, 5.74) is 6.19. The molecule has 0 unspecified atom stereocenters. The van der Waals surface area contributed by atoms with Gasteiger partial charge in [-0.3, -0.25) is 0 Å². The monoisotopic (exact) mass is 251 g/mol. The maximum absolute atomic E-state index is 13.1. The second-order valence-corrected chi connectivity index (χ2v) is 3.57. The van der Waals surface area contributed by atoms with Crippen LogP contribution in [0.15, 0.2) is 16.6 Å². The van der Waals surface area contributed by atoms with Gasteiger partial charge in [0.15, 0.2) is 5.82 Å². The van der Waals surface area contributed by atoms with Crippen molar-refractivity contribution >= 4 is 27.5 Å². The predicted molar refractivity (Wildman–Crippen MR) is 51.9 cm³/mol. The summed E-state index contributed by atoms with van der Waals surface area (Å²) in [4.78, 5) is 0. The zero-order chi connectivity index (χ0) is 9.14. The van der Waals surface area contributed by atoms with Crippen LogP contribution < -0.4 is 5.73 Å². The standard InChI is InChI=1S/C8H8BrClFN/c9-7-5(3-4-12)1-2-6(10)8(7)11/h1-2H,3-4,12H2. The molecule has 0 aliphatic carbocycles. The second kappa shape index (κ2) is 4.21. The van der Waals surface area contributed by atoms with E-state index in [9.17, 15) is 4.39 Å². The lowest BCUT2D eigenvalue weighted by molar-refractivity contribution is 0.618. The first kappa shape index (κ1) is 9.96. The lowest BCUT2D eigenvalue weighted by atomic mass is 10.1. The van der Waals surface area contributed by atoms with Crippen LogP contribution in [0.1, 0.15) is 5.56 Å². The van der Waals surface area contributed by atoms with Gasteiger partial charge in [-0.15, -0.1) is 0 Å². The Morgan fingerprint density at radius 1 is 1.50 bits per heavy atom. The molecule has 0 aliphatic rings. The Labute approximate surface area is 83.8 Å². The van der Waals surface area contributed by atoms with E-state index in [2.05, 4.69) is 15.9 Å². The minimum absolute atomic E-state index is 0.127. The van der Waals surface area contributed by atoms with Crippen LogP contribution in [0.5, 0.6) is 0 Å². The van der Waals surface area contributed by atoms with E-state index in [0.717, 1.165) is 5.56 Å². The van der Waals surface area contributed by atoms with Crippen molar-refractivity contribution in [1.82, 2.24) is 0 Å². The third-order valence-electron chi connectivity index (χ3n) is 1.53. The quantitative estimate of drug-likeness (QED) is 0.805. The molecule has 1 aromatic carbocycles. The maximum Gasteiger partial charge on any atom is 0.156 e. The summed E-state index contributed by atoms with van der Waals surface area (Å²) in [6, 6.07) is 3.30. The van der Waals surface area contributed by atoms with Crippen LogP contribution in [0.25, 0.3) is 0 Å². The van der Waals surface area contributed by atoms with E-state index in [0.29, 0.717) is 17.4 Å². The summed E-state index contributed by atoms with van der Waals surface area (Å²) in [7, 11) is 0. The molecule has 0 amide bonds. The van der Waals surface area contributed by atoms with Gasteiger partial charge in [0.2, 0.25) is 0 Å². The first-order chi connectivity index (χ1) is 5.66. The van der Waals surface area contributed by atoms with E-state index in [1.54, 1.807) is 6.07 Å². The van der Waals surface area contributed by atoms with Crippen LogP contribution in [0.3, 0.4) is 0 Å². The Morgan fingerprint density at radius 3 is 2.75 bits per heavy atom. The molecule has 0 aromatic heterocycles. The largest absolute Gasteiger partial charge is 0.330 e. The number of hydrogen-bond acceptors (Lipinski definition) is 1. The topological polar surface area (TPSA) is 26.0 Å². The van der Waals surface area contributed by atoms with Crippen molar-refractivity contribution in [2.75, 3.05) is 6.54 Å². The molecule has 0 spiro atoms.